The molecule has 0 bridgehead atoms. The molecule has 0 aromatic carbocycles. The Morgan fingerprint density at radius 2 is 2.60 bits per heavy atom. The van der Waals surface area contributed by atoms with Gasteiger partial charge in [0.05, 0.1) is 16.8 Å². The molecule has 0 radical (unpaired) electrons. The van der Waals surface area contributed by atoms with Gasteiger partial charge in [0.2, 0.25) is 0 Å². The quantitative estimate of drug-likeness (QED) is 0.428. The van der Waals surface area contributed by atoms with E-state index in [-0.39, 0.29) is 0 Å². The van der Waals surface area contributed by atoms with Crippen LogP contribution in [0, 0.1) is 4.91 Å². The third-order valence-corrected chi connectivity index (χ3v) is 2.02. The van der Waals surface area contributed by atoms with Crippen LogP contribution in [0.3, 0.4) is 0 Å². The van der Waals surface area contributed by atoms with Gasteiger partial charge in [0.25, 0.3) is 0 Å². The molecule has 0 unspecified atom stereocenters. The number of hydrogen-bond donors (Lipinski definition) is 0. The average Bonchev–Trinajstić information content (AvgIpc) is 2.34. The van der Waals surface area contributed by atoms with Crippen LogP contribution in [0.5, 0.6) is 0 Å². The predicted molar refractivity (Wildman–Crippen MR) is 42.3 cm³/mol. The maximum atomic E-state index is 10.00. The number of allylic oxidation sites excluding steroid dienone is 2. The van der Waals surface area contributed by atoms with Crippen LogP contribution in [-0.4, -0.2) is 17.7 Å². The van der Waals surface area contributed by atoms with E-state index in [4.69, 9.17) is 0 Å². The Hall–Kier alpha value is -0.840. The number of nitroso groups, excluding NO2 is 1. The summed E-state index contributed by atoms with van der Waals surface area (Å²) in [5.74, 6) is 0. The zero-order chi connectivity index (χ0) is 7.56. The highest BCUT2D eigenvalue weighted by Gasteiger charge is 2.10. The number of hydrogen-bond acceptors (Lipinski definition) is 5. The second-order valence-electron chi connectivity index (χ2n) is 1.84. The second-order valence-corrected chi connectivity index (χ2v) is 2.99. The van der Waals surface area contributed by atoms with Crippen LogP contribution in [0.25, 0.3) is 0 Å². The summed E-state index contributed by atoms with van der Waals surface area (Å²) >= 11 is 1.40. The minimum atomic E-state index is 0.484. The molecule has 1 aliphatic rings. The topological polar surface area (TPSA) is 45.0 Å². The van der Waals surface area contributed by atoms with E-state index in [1.54, 1.807) is 17.6 Å². The van der Waals surface area contributed by atoms with Gasteiger partial charge in [-0.05, 0) is 12.1 Å². The van der Waals surface area contributed by atoms with Gasteiger partial charge in [0.15, 0.2) is 0 Å². The molecule has 0 aromatic rings. The first-order chi connectivity index (χ1) is 4.74. The smallest absolute Gasteiger partial charge is 0.0988 e. The summed E-state index contributed by atoms with van der Waals surface area (Å²) in [4.78, 5) is 10.8. The molecule has 5 heteroatoms. The van der Waals surface area contributed by atoms with Crippen LogP contribution in [0.15, 0.2) is 20.9 Å². The molecule has 0 aliphatic carbocycles. The van der Waals surface area contributed by atoms with Crippen LogP contribution in [0.1, 0.15) is 6.92 Å². The van der Waals surface area contributed by atoms with Crippen molar-refractivity contribution in [1.82, 2.24) is 4.41 Å². The molecule has 0 saturated heterocycles. The Labute approximate surface area is 63.1 Å². The fourth-order valence-electron chi connectivity index (χ4n) is 0.528. The van der Waals surface area contributed by atoms with Gasteiger partial charge < -0.3 is 0 Å². The van der Waals surface area contributed by atoms with E-state index >= 15 is 0 Å². The molecule has 0 amide bonds. The minimum absolute atomic E-state index is 0.484. The fourth-order valence-corrected chi connectivity index (χ4v) is 1.17. The number of rotatable bonds is 1. The monoisotopic (exact) mass is 157 g/mol. The molecule has 1 aliphatic heterocycles. The highest BCUT2D eigenvalue weighted by molar-refractivity contribution is 8.02. The van der Waals surface area contributed by atoms with E-state index in [0.29, 0.717) is 5.70 Å². The van der Waals surface area contributed by atoms with Crippen LogP contribution < -0.4 is 0 Å². The van der Waals surface area contributed by atoms with Gasteiger partial charge in [-0.15, -0.1) is 4.91 Å². The molecule has 54 valence electrons. The molecule has 0 N–H and O–H groups in total. The van der Waals surface area contributed by atoms with E-state index < -0.39 is 0 Å². The molecule has 4 nitrogen and oxygen atoms in total. The average molecular weight is 157 g/mol. The van der Waals surface area contributed by atoms with Gasteiger partial charge in [0.1, 0.15) is 0 Å². The molecule has 1 heterocycles. The van der Waals surface area contributed by atoms with Crippen molar-refractivity contribution in [3.8, 4) is 0 Å². The first-order valence-electron chi connectivity index (χ1n) is 2.74. The first-order valence-corrected chi connectivity index (χ1v) is 3.51. The highest BCUT2D eigenvalue weighted by Crippen LogP contribution is 2.26. The van der Waals surface area contributed by atoms with Crippen molar-refractivity contribution in [2.75, 3.05) is 7.05 Å². The maximum absolute atomic E-state index is 10.00. The Morgan fingerprint density at radius 1 is 1.90 bits per heavy atom. The Balaban J connectivity index is 2.78. The molecule has 0 fully saturated rings. The summed E-state index contributed by atoms with van der Waals surface area (Å²) < 4.78 is 1.67. The van der Waals surface area contributed by atoms with Gasteiger partial charge in [-0.2, -0.15) is 5.10 Å². The van der Waals surface area contributed by atoms with Gasteiger partial charge in [-0.1, -0.05) is 0 Å². The van der Waals surface area contributed by atoms with E-state index in [2.05, 4.69) is 10.3 Å². The zero-order valence-electron chi connectivity index (χ0n) is 5.74. The Kier molecular flexibility index (Phi) is 2.06. The van der Waals surface area contributed by atoms with Crippen molar-refractivity contribution < 1.29 is 0 Å². The van der Waals surface area contributed by atoms with Crippen molar-refractivity contribution in [3.05, 3.63) is 15.5 Å². The lowest BCUT2D eigenvalue weighted by Crippen LogP contribution is -1.91. The molecule has 1 rings (SSSR count). The lowest BCUT2D eigenvalue weighted by atomic mass is 10.5. The fraction of sp³-hybridized carbons (Fsp3) is 0.400. The first kappa shape index (κ1) is 7.27. The van der Waals surface area contributed by atoms with E-state index in [1.807, 2.05) is 7.05 Å². The largest absolute Gasteiger partial charge is 0.237 e. The third kappa shape index (κ3) is 1.36. The standard InChI is InChI=1S/C5H7N3OS/c1-4(7-9)5-3-6-8(2)10-5/h3H,1-2H3/b5-4+. The van der Waals surface area contributed by atoms with Crippen LogP contribution in [-0.2, 0) is 0 Å². The summed E-state index contributed by atoms with van der Waals surface area (Å²) in [7, 11) is 1.81. The van der Waals surface area contributed by atoms with E-state index in [0.717, 1.165) is 4.91 Å². The summed E-state index contributed by atoms with van der Waals surface area (Å²) in [6.07, 6.45) is 1.63. The Morgan fingerprint density at radius 3 is 3.00 bits per heavy atom. The van der Waals surface area contributed by atoms with Crippen molar-refractivity contribution in [1.29, 1.82) is 0 Å². The molecular formula is C5H7N3OS. The van der Waals surface area contributed by atoms with Crippen LogP contribution in [0.4, 0.5) is 0 Å². The molecular weight excluding hydrogens is 150 g/mol. The molecule has 0 aromatic heterocycles. The van der Waals surface area contributed by atoms with Crippen LogP contribution in [0.2, 0.25) is 0 Å². The highest BCUT2D eigenvalue weighted by atomic mass is 32.2. The molecule has 0 saturated carbocycles. The minimum Gasteiger partial charge on any atom is -0.237 e. The molecule has 10 heavy (non-hydrogen) atoms. The summed E-state index contributed by atoms with van der Waals surface area (Å²) in [5.41, 5.74) is 0.484. The zero-order valence-corrected chi connectivity index (χ0v) is 6.55. The van der Waals surface area contributed by atoms with Crippen molar-refractivity contribution in [2.24, 2.45) is 10.3 Å². The molecule has 0 spiro atoms. The van der Waals surface area contributed by atoms with Crippen molar-refractivity contribution >= 4 is 18.2 Å². The third-order valence-electron chi connectivity index (χ3n) is 1.06. The van der Waals surface area contributed by atoms with Crippen molar-refractivity contribution in [2.45, 2.75) is 6.92 Å². The number of nitrogens with zero attached hydrogens (tertiary/aromatic N) is 3. The Bertz CT molecular complexity index is 211. The van der Waals surface area contributed by atoms with Gasteiger partial charge >= 0.3 is 0 Å². The SMILES string of the molecule is C/C(N=O)=C1/C=NN(C)S1. The number of hydrazone groups is 1. The maximum Gasteiger partial charge on any atom is 0.0988 e. The predicted octanol–water partition coefficient (Wildman–Crippen LogP) is 1.56. The second kappa shape index (κ2) is 2.83. The van der Waals surface area contributed by atoms with E-state index in [1.165, 1.54) is 11.9 Å². The van der Waals surface area contributed by atoms with Crippen molar-refractivity contribution in [3.63, 3.8) is 0 Å². The summed E-state index contributed by atoms with van der Waals surface area (Å²) in [5, 5.41) is 6.70. The van der Waals surface area contributed by atoms with E-state index in [9.17, 15) is 4.91 Å². The normalized spacial score (nSPS) is 21.6. The van der Waals surface area contributed by atoms with Gasteiger partial charge in [0, 0.05) is 19.0 Å². The van der Waals surface area contributed by atoms with Gasteiger partial charge in [-0.3, -0.25) is 0 Å². The molecule has 0 atom stereocenters. The summed E-state index contributed by atoms with van der Waals surface area (Å²) in [6.45, 7) is 1.67. The lowest BCUT2D eigenvalue weighted by molar-refractivity contribution is 0.630. The van der Waals surface area contributed by atoms with Gasteiger partial charge in [-0.25, -0.2) is 4.41 Å². The van der Waals surface area contributed by atoms with Crippen LogP contribution >= 0.6 is 11.9 Å². The lowest BCUT2D eigenvalue weighted by Gasteiger charge is -2.00. The summed E-state index contributed by atoms with van der Waals surface area (Å²) in [6, 6.07) is 0.